The number of hydrogen-bond acceptors (Lipinski definition) is 14. The molecule has 7 atom stereocenters. The SMILES string of the molecule is Nc1ncnc2c1ncn2[C@H]1CC[C@@H](COP(O)(=S)N[C@H]2C[C@H](n3cnc4c(N)ncnc43)O[C@@H]2COP(N)(=O)S)O1. The summed E-state index contributed by atoms with van der Waals surface area (Å²) in [6, 6.07) is -0.581. The van der Waals surface area contributed by atoms with E-state index in [1.165, 1.54) is 19.0 Å². The summed E-state index contributed by atoms with van der Waals surface area (Å²) in [6.07, 6.45) is 5.41. The number of nitrogens with one attached hydrogen (secondary N) is 1. The number of nitrogen functional groups attached to an aromatic ring is 2. The number of rotatable bonds is 10. The molecule has 22 heteroatoms. The second-order valence-electron chi connectivity index (χ2n) is 9.73. The molecule has 0 aromatic carbocycles. The lowest BCUT2D eigenvalue weighted by Gasteiger charge is -2.26. The molecule has 0 aliphatic carbocycles. The lowest BCUT2D eigenvalue weighted by atomic mass is 10.1. The Labute approximate surface area is 248 Å². The molecule has 4 aromatic rings. The normalized spacial score (nSPS) is 27.5. The maximum absolute atomic E-state index is 11.9. The van der Waals surface area contributed by atoms with Crippen LogP contribution in [0.1, 0.15) is 31.7 Å². The molecule has 0 spiro atoms. The van der Waals surface area contributed by atoms with Gasteiger partial charge in [-0.3, -0.25) is 19.2 Å². The third-order valence-electron chi connectivity index (χ3n) is 6.90. The summed E-state index contributed by atoms with van der Waals surface area (Å²) in [5, 5.41) is 2.99. The Morgan fingerprint density at radius 1 is 0.976 bits per heavy atom. The quantitative estimate of drug-likeness (QED) is 0.103. The van der Waals surface area contributed by atoms with E-state index >= 15 is 0 Å². The minimum absolute atomic E-state index is 0.0379. The van der Waals surface area contributed by atoms with Gasteiger partial charge in [0.1, 0.15) is 36.1 Å². The average molecular weight is 659 g/mol. The maximum atomic E-state index is 11.9. The van der Waals surface area contributed by atoms with Gasteiger partial charge in [-0.05, 0) is 24.6 Å². The van der Waals surface area contributed by atoms with Crippen molar-refractivity contribution in [3.8, 4) is 0 Å². The van der Waals surface area contributed by atoms with Gasteiger partial charge in [-0.1, -0.05) is 12.2 Å². The lowest BCUT2D eigenvalue weighted by Crippen LogP contribution is -2.37. The second-order valence-corrected chi connectivity index (χ2v) is 15.8. The van der Waals surface area contributed by atoms with E-state index in [1.807, 2.05) is 0 Å². The van der Waals surface area contributed by atoms with Crippen molar-refractivity contribution in [3.05, 3.63) is 25.3 Å². The van der Waals surface area contributed by atoms with Crippen molar-refractivity contribution < 1.29 is 28.0 Å². The van der Waals surface area contributed by atoms with E-state index in [4.69, 9.17) is 47.3 Å². The molecular formula is C20H28N12O6P2S2. The van der Waals surface area contributed by atoms with Gasteiger partial charge < -0.3 is 34.9 Å². The van der Waals surface area contributed by atoms with Crippen LogP contribution in [-0.2, 0) is 34.9 Å². The van der Waals surface area contributed by atoms with Gasteiger partial charge in [-0.15, -0.1) is 0 Å². The van der Waals surface area contributed by atoms with E-state index in [2.05, 4.69) is 47.2 Å². The van der Waals surface area contributed by atoms with Crippen LogP contribution in [0.4, 0.5) is 11.6 Å². The molecule has 2 aliphatic heterocycles. The first-order chi connectivity index (χ1) is 20.0. The summed E-state index contributed by atoms with van der Waals surface area (Å²) >= 11 is 9.22. The van der Waals surface area contributed by atoms with E-state index in [-0.39, 0.29) is 37.2 Å². The fourth-order valence-electron chi connectivity index (χ4n) is 4.98. The van der Waals surface area contributed by atoms with E-state index in [9.17, 15) is 9.46 Å². The van der Waals surface area contributed by atoms with E-state index in [1.54, 1.807) is 15.5 Å². The Morgan fingerprint density at radius 2 is 1.60 bits per heavy atom. The number of anilines is 2. The van der Waals surface area contributed by atoms with Crippen LogP contribution in [0.25, 0.3) is 22.3 Å². The Balaban J connectivity index is 1.11. The summed E-state index contributed by atoms with van der Waals surface area (Å²) in [7, 11) is 0. The molecule has 2 unspecified atom stereocenters. The largest absolute Gasteiger partial charge is 0.382 e. The summed E-state index contributed by atoms with van der Waals surface area (Å²) in [5.74, 6) is 0.507. The van der Waals surface area contributed by atoms with Crippen LogP contribution in [0.5, 0.6) is 0 Å². The molecule has 6 rings (SSSR count). The third-order valence-corrected chi connectivity index (χ3v) is 9.56. The molecule has 8 N–H and O–H groups in total. The number of aromatic nitrogens is 8. The van der Waals surface area contributed by atoms with E-state index in [0.29, 0.717) is 41.6 Å². The van der Waals surface area contributed by atoms with Crippen LogP contribution in [0.15, 0.2) is 25.3 Å². The molecule has 4 aromatic heterocycles. The van der Waals surface area contributed by atoms with Crippen molar-refractivity contribution in [2.75, 3.05) is 24.7 Å². The number of hydrogen-bond donors (Lipinski definition) is 6. The maximum Gasteiger partial charge on any atom is 0.320 e. The lowest BCUT2D eigenvalue weighted by molar-refractivity contribution is -0.0201. The minimum atomic E-state index is -3.61. The van der Waals surface area contributed by atoms with Gasteiger partial charge in [0.25, 0.3) is 6.64 Å². The minimum Gasteiger partial charge on any atom is -0.382 e. The van der Waals surface area contributed by atoms with Crippen LogP contribution < -0.4 is 22.1 Å². The summed E-state index contributed by atoms with van der Waals surface area (Å²) < 4.78 is 38.7. The standard InChI is InChI=1S/C20H28N12O6P2S2/c21-17-15-19(26-6-24-17)31(8-28-15)13-2-1-10(37-13)4-36-40(34,42)30-11-3-14(38-12(11)5-35-39(23,33)41)32-9-29-16-18(22)25-7-27-20(16)32/h6-14H,1-5H2,(H2,21,24,26)(H2,22,25,27)(H3,23,33,41)(H2,30,34,42)/t10-,11-,12+,13+,14+,39?,40?/m0/s1. The molecule has 226 valence electrons. The van der Waals surface area contributed by atoms with Crippen molar-refractivity contribution in [1.82, 2.24) is 44.1 Å². The zero-order valence-electron chi connectivity index (χ0n) is 21.8. The van der Waals surface area contributed by atoms with Crippen molar-refractivity contribution in [3.63, 3.8) is 0 Å². The van der Waals surface area contributed by atoms with Crippen LogP contribution in [0, 0.1) is 0 Å². The molecule has 6 heterocycles. The molecule has 2 aliphatic rings. The van der Waals surface area contributed by atoms with Crippen LogP contribution >= 0.6 is 25.6 Å². The fraction of sp³-hybridized carbons (Fsp3) is 0.500. The van der Waals surface area contributed by atoms with Gasteiger partial charge in [0.2, 0.25) is 0 Å². The first-order valence-corrected chi connectivity index (χ1v) is 18.2. The molecule has 0 saturated carbocycles. The highest BCUT2D eigenvalue weighted by Gasteiger charge is 2.41. The highest BCUT2D eigenvalue weighted by Crippen LogP contribution is 2.46. The molecule has 0 amide bonds. The van der Waals surface area contributed by atoms with Crippen molar-refractivity contribution in [2.24, 2.45) is 5.50 Å². The summed E-state index contributed by atoms with van der Waals surface area (Å²) in [6.45, 7) is -7.32. The van der Waals surface area contributed by atoms with Crippen molar-refractivity contribution in [1.29, 1.82) is 0 Å². The smallest absolute Gasteiger partial charge is 0.320 e. The number of thiol groups is 1. The van der Waals surface area contributed by atoms with E-state index in [0.717, 1.165) is 0 Å². The number of nitrogens with zero attached hydrogens (tertiary/aromatic N) is 8. The van der Waals surface area contributed by atoms with Crippen molar-refractivity contribution in [2.45, 2.75) is 50.0 Å². The Hall–Kier alpha value is -2.35. The zero-order valence-corrected chi connectivity index (χ0v) is 25.3. The third kappa shape index (κ3) is 6.29. The molecular weight excluding hydrogens is 630 g/mol. The van der Waals surface area contributed by atoms with Gasteiger partial charge in [0, 0.05) is 12.5 Å². The first kappa shape index (κ1) is 29.7. The highest BCUT2D eigenvalue weighted by molar-refractivity contribution is 8.45. The summed E-state index contributed by atoms with van der Waals surface area (Å²) in [4.78, 5) is 36.1. The number of ether oxygens (including phenoxy) is 2. The van der Waals surface area contributed by atoms with Gasteiger partial charge in [0.15, 0.2) is 22.9 Å². The van der Waals surface area contributed by atoms with Crippen LogP contribution in [-0.4, -0.2) is 75.4 Å². The fourth-order valence-corrected chi connectivity index (χ4v) is 7.26. The number of imidazole rings is 2. The predicted octanol–water partition coefficient (Wildman–Crippen LogP) is 1.00. The Morgan fingerprint density at radius 3 is 2.21 bits per heavy atom. The van der Waals surface area contributed by atoms with Gasteiger partial charge in [0.05, 0.1) is 38.1 Å². The van der Waals surface area contributed by atoms with Crippen LogP contribution in [0.3, 0.4) is 0 Å². The molecule has 0 radical (unpaired) electrons. The number of fused-ring (bicyclic) bond motifs is 2. The predicted molar refractivity (Wildman–Crippen MR) is 157 cm³/mol. The van der Waals surface area contributed by atoms with Gasteiger partial charge in [-0.25, -0.2) is 35.0 Å². The van der Waals surface area contributed by atoms with Crippen LogP contribution in [0.2, 0.25) is 0 Å². The van der Waals surface area contributed by atoms with Gasteiger partial charge >= 0.3 is 6.72 Å². The molecule has 2 fully saturated rings. The van der Waals surface area contributed by atoms with E-state index < -0.39 is 31.7 Å². The molecule has 0 bridgehead atoms. The monoisotopic (exact) mass is 658 g/mol. The van der Waals surface area contributed by atoms with Crippen molar-refractivity contribution >= 4 is 71.4 Å². The average Bonchev–Trinajstić information content (AvgIpc) is 3.71. The highest BCUT2D eigenvalue weighted by atomic mass is 32.7. The zero-order chi connectivity index (χ0) is 29.6. The number of nitrogens with two attached hydrogens (primary N) is 3. The molecule has 42 heavy (non-hydrogen) atoms. The summed E-state index contributed by atoms with van der Waals surface area (Å²) in [5.41, 5.74) is 19.2. The Bertz CT molecular complexity index is 1700. The first-order valence-electron chi connectivity index (χ1n) is 12.7. The molecule has 2 saturated heterocycles. The molecule has 18 nitrogen and oxygen atoms in total. The second kappa shape index (κ2) is 11.6. The van der Waals surface area contributed by atoms with Gasteiger partial charge in [-0.2, -0.15) is 0 Å². The Kier molecular flexibility index (Phi) is 8.22. The topological polar surface area (TPSA) is 252 Å².